The standard InChI is InChI=1S/C35H40N6O2S2/c1-24-8-10-27(37-22-24)28(12-14-40-17-15-39(2)16-18-40)38-25-9-11-31-33(21-25)44-32-7-3-5-26(34(32)45-31)30-23-41(19-20-43-30)29-6-4-13-36-35(29)42/h3-11,13,21-22,28,30,38H,12,14-20,23H2,1-2H3,(H,36,42). The lowest BCUT2D eigenvalue weighted by molar-refractivity contribution is 0.0378. The van der Waals surface area contributed by atoms with E-state index in [2.05, 4.69) is 87.5 Å². The zero-order valence-corrected chi connectivity index (χ0v) is 27.5. The molecule has 2 fully saturated rings. The Kier molecular flexibility index (Phi) is 9.18. The Bertz CT molecular complexity index is 1690. The normalized spacial score (nSPS) is 19.5. The predicted octanol–water partition coefficient (Wildman–Crippen LogP) is 6.06. The minimum absolute atomic E-state index is 0.0590. The summed E-state index contributed by atoms with van der Waals surface area (Å²) in [6, 6.07) is 21.5. The van der Waals surface area contributed by atoms with Crippen LogP contribution in [0.3, 0.4) is 0 Å². The Morgan fingerprint density at radius 1 is 1.00 bits per heavy atom. The van der Waals surface area contributed by atoms with Crippen molar-refractivity contribution in [2.24, 2.45) is 0 Å². The molecule has 4 aromatic rings. The third-order valence-electron chi connectivity index (χ3n) is 8.90. The minimum atomic E-state index is -0.105. The molecule has 0 bridgehead atoms. The highest BCUT2D eigenvalue weighted by atomic mass is 32.2. The van der Waals surface area contributed by atoms with E-state index in [1.165, 1.54) is 30.7 Å². The van der Waals surface area contributed by atoms with Gasteiger partial charge in [-0.1, -0.05) is 41.7 Å². The number of piperazine rings is 1. The highest BCUT2D eigenvalue weighted by molar-refractivity contribution is 8.05. The van der Waals surface area contributed by atoms with E-state index in [0.717, 1.165) is 50.5 Å². The molecule has 2 saturated heterocycles. The van der Waals surface area contributed by atoms with Gasteiger partial charge in [0, 0.05) is 83.5 Å². The zero-order chi connectivity index (χ0) is 30.8. The van der Waals surface area contributed by atoms with E-state index in [-0.39, 0.29) is 17.7 Å². The predicted molar refractivity (Wildman–Crippen MR) is 183 cm³/mol. The summed E-state index contributed by atoms with van der Waals surface area (Å²) in [4.78, 5) is 32.2. The van der Waals surface area contributed by atoms with Gasteiger partial charge in [0.15, 0.2) is 0 Å². The highest BCUT2D eigenvalue weighted by Crippen LogP contribution is 2.52. The summed E-state index contributed by atoms with van der Waals surface area (Å²) in [5.41, 5.74) is 5.21. The molecule has 7 rings (SSSR count). The summed E-state index contributed by atoms with van der Waals surface area (Å²) in [7, 11) is 2.20. The quantitative estimate of drug-likeness (QED) is 0.210. The first-order chi connectivity index (χ1) is 22.0. The molecule has 0 radical (unpaired) electrons. The lowest BCUT2D eigenvalue weighted by Crippen LogP contribution is -2.45. The number of nitrogens with zero attached hydrogens (tertiary/aromatic N) is 4. The highest BCUT2D eigenvalue weighted by Gasteiger charge is 2.29. The molecule has 2 unspecified atom stereocenters. The number of H-pyrrole nitrogens is 1. The molecule has 0 amide bonds. The number of benzene rings is 2. The number of anilines is 2. The summed E-state index contributed by atoms with van der Waals surface area (Å²) in [5.74, 6) is 0. The first-order valence-electron chi connectivity index (χ1n) is 15.8. The number of hydrogen-bond donors (Lipinski definition) is 2. The van der Waals surface area contributed by atoms with Gasteiger partial charge in [-0.15, -0.1) is 0 Å². The van der Waals surface area contributed by atoms with E-state index < -0.39 is 0 Å². The number of hydrogen-bond acceptors (Lipinski definition) is 9. The van der Waals surface area contributed by atoms with Crippen molar-refractivity contribution >= 4 is 34.9 Å². The van der Waals surface area contributed by atoms with Crippen LogP contribution in [0.15, 0.2) is 97.4 Å². The smallest absolute Gasteiger partial charge is 0.271 e. The fourth-order valence-corrected chi connectivity index (χ4v) is 8.70. The summed E-state index contributed by atoms with van der Waals surface area (Å²) in [6.07, 6.45) is 4.54. The first-order valence-corrected chi connectivity index (χ1v) is 17.4. The van der Waals surface area contributed by atoms with Gasteiger partial charge in [-0.25, -0.2) is 0 Å². The second-order valence-electron chi connectivity index (χ2n) is 12.1. The van der Waals surface area contributed by atoms with E-state index in [1.54, 1.807) is 6.20 Å². The van der Waals surface area contributed by atoms with E-state index in [1.807, 2.05) is 41.9 Å². The largest absolute Gasteiger partial charge is 0.377 e. The monoisotopic (exact) mass is 640 g/mol. The third kappa shape index (κ3) is 6.95. The minimum Gasteiger partial charge on any atom is -0.377 e. The van der Waals surface area contributed by atoms with E-state index >= 15 is 0 Å². The number of aromatic amines is 1. The van der Waals surface area contributed by atoms with Gasteiger partial charge in [0.25, 0.3) is 5.56 Å². The maximum atomic E-state index is 12.5. The molecule has 45 heavy (non-hydrogen) atoms. The molecular weight excluding hydrogens is 601 g/mol. The van der Waals surface area contributed by atoms with Crippen LogP contribution in [0.5, 0.6) is 0 Å². The molecule has 2 aromatic heterocycles. The molecule has 2 aromatic carbocycles. The van der Waals surface area contributed by atoms with Crippen molar-refractivity contribution in [2.75, 3.05) is 69.7 Å². The van der Waals surface area contributed by atoms with Crippen LogP contribution in [0.25, 0.3) is 0 Å². The maximum Gasteiger partial charge on any atom is 0.271 e. The number of fused-ring (bicyclic) bond motifs is 2. The number of morpholine rings is 1. The van der Waals surface area contributed by atoms with Crippen molar-refractivity contribution in [2.45, 2.75) is 45.1 Å². The van der Waals surface area contributed by atoms with Gasteiger partial charge in [0.1, 0.15) is 11.8 Å². The van der Waals surface area contributed by atoms with Crippen molar-refractivity contribution in [3.63, 3.8) is 0 Å². The number of aryl methyl sites for hydroxylation is 1. The maximum absolute atomic E-state index is 12.5. The fraction of sp³-hybridized carbons (Fsp3) is 0.371. The van der Waals surface area contributed by atoms with E-state index in [9.17, 15) is 4.79 Å². The molecule has 0 aliphatic carbocycles. The summed E-state index contributed by atoms with van der Waals surface area (Å²) in [6.45, 7) is 9.56. The molecule has 2 atom stereocenters. The van der Waals surface area contributed by atoms with Crippen LogP contribution in [0.4, 0.5) is 11.4 Å². The number of rotatable bonds is 8. The Hall–Kier alpha value is -3.28. The fourth-order valence-electron chi connectivity index (χ4n) is 6.25. The number of pyridine rings is 2. The Morgan fingerprint density at radius 2 is 1.89 bits per heavy atom. The Labute approximate surface area is 273 Å². The van der Waals surface area contributed by atoms with Gasteiger partial charge in [-0.05, 0) is 74.0 Å². The van der Waals surface area contributed by atoms with Crippen molar-refractivity contribution in [1.29, 1.82) is 0 Å². The van der Waals surface area contributed by atoms with Crippen molar-refractivity contribution < 1.29 is 4.74 Å². The number of nitrogens with one attached hydrogen (secondary N) is 2. The SMILES string of the molecule is Cc1ccc(C(CCN2CCN(C)CC2)Nc2ccc3c(c2)Sc2cccc(C4CN(c5ccc[nH]c5=O)CCO4)c2S3)nc1. The van der Waals surface area contributed by atoms with Gasteiger partial charge in [-0.2, -0.15) is 0 Å². The van der Waals surface area contributed by atoms with Gasteiger partial charge in [-0.3, -0.25) is 9.78 Å². The Balaban J connectivity index is 1.08. The van der Waals surface area contributed by atoms with Crippen LogP contribution in [0.1, 0.15) is 35.4 Å². The zero-order valence-electron chi connectivity index (χ0n) is 25.9. The van der Waals surface area contributed by atoms with Crippen LogP contribution in [0.2, 0.25) is 0 Å². The summed E-state index contributed by atoms with van der Waals surface area (Å²) >= 11 is 3.64. The van der Waals surface area contributed by atoms with E-state index in [0.29, 0.717) is 25.4 Å². The van der Waals surface area contributed by atoms with Gasteiger partial charge < -0.3 is 29.7 Å². The van der Waals surface area contributed by atoms with E-state index in [4.69, 9.17) is 9.72 Å². The van der Waals surface area contributed by atoms with Crippen LogP contribution in [-0.4, -0.2) is 79.2 Å². The molecule has 0 saturated carbocycles. The van der Waals surface area contributed by atoms with Crippen molar-refractivity contribution in [1.82, 2.24) is 19.8 Å². The van der Waals surface area contributed by atoms with Crippen LogP contribution in [-0.2, 0) is 4.74 Å². The second-order valence-corrected chi connectivity index (χ2v) is 14.3. The van der Waals surface area contributed by atoms with Crippen LogP contribution >= 0.6 is 23.5 Å². The lowest BCUT2D eigenvalue weighted by Gasteiger charge is -2.35. The van der Waals surface area contributed by atoms with Gasteiger partial charge in [0.05, 0.1) is 18.3 Å². The second kappa shape index (κ2) is 13.6. The van der Waals surface area contributed by atoms with Crippen molar-refractivity contribution in [3.05, 3.63) is 100 Å². The lowest BCUT2D eigenvalue weighted by atomic mass is 10.1. The topological polar surface area (TPSA) is 76.7 Å². The molecule has 3 aliphatic heterocycles. The number of ether oxygens (including phenoxy) is 1. The summed E-state index contributed by atoms with van der Waals surface area (Å²) in [5, 5.41) is 3.85. The third-order valence-corrected chi connectivity index (χ3v) is 11.5. The van der Waals surface area contributed by atoms with Gasteiger partial charge in [0.2, 0.25) is 0 Å². The number of likely N-dealkylation sites (N-methyl/N-ethyl adjacent to an activating group) is 1. The molecule has 5 heterocycles. The molecule has 234 valence electrons. The molecular formula is C35H40N6O2S2. The average molecular weight is 641 g/mol. The van der Waals surface area contributed by atoms with Gasteiger partial charge >= 0.3 is 0 Å². The summed E-state index contributed by atoms with van der Waals surface area (Å²) < 4.78 is 6.30. The average Bonchev–Trinajstić information content (AvgIpc) is 3.07. The molecule has 0 spiro atoms. The van der Waals surface area contributed by atoms with Crippen LogP contribution < -0.4 is 15.8 Å². The molecule has 2 N–H and O–H groups in total. The molecule has 3 aliphatic rings. The van der Waals surface area contributed by atoms with Crippen LogP contribution in [0, 0.1) is 6.92 Å². The number of aromatic nitrogens is 2. The Morgan fingerprint density at radius 3 is 2.71 bits per heavy atom. The van der Waals surface area contributed by atoms with Crippen molar-refractivity contribution in [3.8, 4) is 0 Å². The molecule has 10 heteroatoms. The first kappa shape index (κ1) is 30.4. The molecule has 8 nitrogen and oxygen atoms in total.